The van der Waals surface area contributed by atoms with Crippen molar-refractivity contribution in [2.24, 2.45) is 0 Å². The molecule has 2 aromatic rings. The first-order valence-corrected chi connectivity index (χ1v) is 4.77. The molecule has 0 spiro atoms. The Morgan fingerprint density at radius 1 is 1.25 bits per heavy atom. The molecule has 0 saturated carbocycles. The van der Waals surface area contributed by atoms with E-state index < -0.39 is 4.92 Å². The maximum absolute atomic E-state index is 10.6. The number of non-ortho nitro benzene ring substituents is 1. The lowest BCUT2D eigenvalue weighted by molar-refractivity contribution is -0.384. The second-order valence-electron chi connectivity index (χ2n) is 3.03. The standard InChI is InChI=1S/C10H6ClN3O2/c11-8-5-12-10(13-6-8)7-2-1-3-9(4-7)14(15)16/h1-6H. The van der Waals surface area contributed by atoms with Gasteiger partial charge in [0.15, 0.2) is 5.82 Å². The zero-order chi connectivity index (χ0) is 11.5. The molecule has 0 atom stereocenters. The highest BCUT2D eigenvalue weighted by molar-refractivity contribution is 6.30. The quantitative estimate of drug-likeness (QED) is 0.593. The van der Waals surface area contributed by atoms with Gasteiger partial charge >= 0.3 is 0 Å². The molecule has 80 valence electrons. The van der Waals surface area contributed by atoms with Crippen LogP contribution in [0.5, 0.6) is 0 Å². The molecular weight excluding hydrogens is 230 g/mol. The predicted octanol–water partition coefficient (Wildman–Crippen LogP) is 2.71. The molecule has 0 amide bonds. The van der Waals surface area contributed by atoms with Gasteiger partial charge in [-0.2, -0.15) is 0 Å². The van der Waals surface area contributed by atoms with Gasteiger partial charge < -0.3 is 0 Å². The number of hydrogen-bond acceptors (Lipinski definition) is 4. The molecule has 1 heterocycles. The van der Waals surface area contributed by atoms with Crippen molar-refractivity contribution in [3.8, 4) is 11.4 Å². The zero-order valence-corrected chi connectivity index (χ0v) is 8.76. The summed E-state index contributed by atoms with van der Waals surface area (Å²) in [6.45, 7) is 0. The Labute approximate surface area is 95.9 Å². The first-order valence-electron chi connectivity index (χ1n) is 4.39. The van der Waals surface area contributed by atoms with Crippen LogP contribution in [-0.4, -0.2) is 14.9 Å². The Hall–Kier alpha value is -2.01. The largest absolute Gasteiger partial charge is 0.270 e. The van der Waals surface area contributed by atoms with Crippen molar-refractivity contribution < 1.29 is 4.92 Å². The first-order chi connectivity index (χ1) is 7.66. The van der Waals surface area contributed by atoms with E-state index in [4.69, 9.17) is 11.6 Å². The fourth-order valence-electron chi connectivity index (χ4n) is 1.22. The molecule has 0 unspecified atom stereocenters. The highest BCUT2D eigenvalue weighted by Crippen LogP contribution is 2.20. The molecule has 0 aliphatic rings. The van der Waals surface area contributed by atoms with Crippen LogP contribution in [0.1, 0.15) is 0 Å². The van der Waals surface area contributed by atoms with E-state index in [1.54, 1.807) is 12.1 Å². The molecule has 0 aliphatic carbocycles. The molecule has 0 aliphatic heterocycles. The number of nitrogens with zero attached hydrogens (tertiary/aromatic N) is 3. The molecule has 0 bridgehead atoms. The molecule has 0 fully saturated rings. The van der Waals surface area contributed by atoms with Gasteiger partial charge in [0.25, 0.3) is 5.69 Å². The molecule has 0 radical (unpaired) electrons. The highest BCUT2D eigenvalue weighted by atomic mass is 35.5. The second-order valence-corrected chi connectivity index (χ2v) is 3.47. The predicted molar refractivity (Wildman–Crippen MR) is 59.1 cm³/mol. The Morgan fingerprint density at radius 2 is 1.94 bits per heavy atom. The summed E-state index contributed by atoms with van der Waals surface area (Å²) >= 11 is 5.65. The normalized spacial score (nSPS) is 10.1. The summed E-state index contributed by atoms with van der Waals surface area (Å²) in [5, 5.41) is 11.0. The summed E-state index contributed by atoms with van der Waals surface area (Å²) < 4.78 is 0. The van der Waals surface area contributed by atoms with Gasteiger partial charge in [0.2, 0.25) is 0 Å². The molecule has 6 heteroatoms. The molecule has 1 aromatic carbocycles. The minimum Gasteiger partial charge on any atom is -0.258 e. The molecular formula is C10H6ClN3O2. The lowest BCUT2D eigenvalue weighted by atomic mass is 10.2. The number of rotatable bonds is 2. The van der Waals surface area contributed by atoms with Crippen LogP contribution in [0, 0.1) is 10.1 Å². The van der Waals surface area contributed by atoms with Crippen LogP contribution in [0.4, 0.5) is 5.69 Å². The van der Waals surface area contributed by atoms with Crippen LogP contribution in [0.25, 0.3) is 11.4 Å². The number of halogens is 1. The van der Waals surface area contributed by atoms with Gasteiger partial charge in [0, 0.05) is 30.1 Å². The van der Waals surface area contributed by atoms with Gasteiger partial charge in [-0.1, -0.05) is 23.7 Å². The van der Waals surface area contributed by atoms with Crippen LogP contribution in [0.15, 0.2) is 36.7 Å². The van der Waals surface area contributed by atoms with Gasteiger partial charge in [-0.15, -0.1) is 0 Å². The summed E-state index contributed by atoms with van der Waals surface area (Å²) in [4.78, 5) is 18.1. The third kappa shape index (κ3) is 2.14. The maximum atomic E-state index is 10.6. The summed E-state index contributed by atoms with van der Waals surface area (Å²) in [6, 6.07) is 6.13. The Bertz CT molecular complexity index is 528. The molecule has 0 saturated heterocycles. The maximum Gasteiger partial charge on any atom is 0.270 e. The van der Waals surface area contributed by atoms with Crippen LogP contribution in [0.2, 0.25) is 5.02 Å². The first kappa shape index (κ1) is 10.5. The van der Waals surface area contributed by atoms with Gasteiger partial charge in [-0.3, -0.25) is 10.1 Å². The third-order valence-electron chi connectivity index (χ3n) is 1.94. The van der Waals surface area contributed by atoms with E-state index >= 15 is 0 Å². The summed E-state index contributed by atoms with van der Waals surface area (Å²) in [5.74, 6) is 0.410. The minimum atomic E-state index is -0.459. The van der Waals surface area contributed by atoms with Gasteiger partial charge in [0.05, 0.1) is 9.95 Å². The fraction of sp³-hybridized carbons (Fsp3) is 0. The van der Waals surface area contributed by atoms with Crippen LogP contribution < -0.4 is 0 Å². The zero-order valence-electron chi connectivity index (χ0n) is 8.00. The van der Waals surface area contributed by atoms with Crippen molar-refractivity contribution in [2.45, 2.75) is 0 Å². The van der Waals surface area contributed by atoms with E-state index in [2.05, 4.69) is 9.97 Å². The number of aromatic nitrogens is 2. The Kier molecular flexibility index (Phi) is 2.78. The van der Waals surface area contributed by atoms with E-state index in [0.717, 1.165) is 0 Å². The molecule has 2 rings (SSSR count). The smallest absolute Gasteiger partial charge is 0.258 e. The van der Waals surface area contributed by atoms with Crippen LogP contribution in [-0.2, 0) is 0 Å². The number of nitro benzene ring substituents is 1. The summed E-state index contributed by atoms with van der Waals surface area (Å²) in [5.41, 5.74) is 0.599. The summed E-state index contributed by atoms with van der Waals surface area (Å²) in [6.07, 6.45) is 2.89. The SMILES string of the molecule is O=[N+]([O-])c1cccc(-c2ncc(Cl)cn2)c1. The molecule has 1 aromatic heterocycles. The fourth-order valence-corrected chi connectivity index (χ4v) is 1.32. The Morgan fingerprint density at radius 3 is 2.56 bits per heavy atom. The lowest BCUT2D eigenvalue weighted by Crippen LogP contribution is -1.91. The summed E-state index contributed by atoms with van der Waals surface area (Å²) in [7, 11) is 0. The van der Waals surface area contributed by atoms with Gasteiger partial charge in [-0.25, -0.2) is 9.97 Å². The van der Waals surface area contributed by atoms with Crippen molar-refractivity contribution in [1.82, 2.24) is 9.97 Å². The van der Waals surface area contributed by atoms with Crippen molar-refractivity contribution in [3.63, 3.8) is 0 Å². The Balaban J connectivity index is 2.44. The van der Waals surface area contributed by atoms with Crippen molar-refractivity contribution in [3.05, 3.63) is 51.8 Å². The number of benzene rings is 1. The molecule has 16 heavy (non-hydrogen) atoms. The monoisotopic (exact) mass is 235 g/mol. The van der Waals surface area contributed by atoms with Crippen LogP contribution in [0.3, 0.4) is 0 Å². The van der Waals surface area contributed by atoms with Crippen molar-refractivity contribution >= 4 is 17.3 Å². The minimum absolute atomic E-state index is 0.0102. The van der Waals surface area contributed by atoms with Gasteiger partial charge in [-0.05, 0) is 0 Å². The van der Waals surface area contributed by atoms with E-state index in [1.165, 1.54) is 24.5 Å². The van der Waals surface area contributed by atoms with E-state index in [-0.39, 0.29) is 5.69 Å². The number of hydrogen-bond donors (Lipinski definition) is 0. The van der Waals surface area contributed by atoms with Crippen molar-refractivity contribution in [2.75, 3.05) is 0 Å². The number of nitro groups is 1. The lowest BCUT2D eigenvalue weighted by Gasteiger charge is -1.99. The second kappa shape index (κ2) is 4.24. The average Bonchev–Trinajstić information content (AvgIpc) is 2.30. The van der Waals surface area contributed by atoms with Gasteiger partial charge in [0.1, 0.15) is 0 Å². The molecule has 5 nitrogen and oxygen atoms in total. The van der Waals surface area contributed by atoms with Crippen LogP contribution >= 0.6 is 11.6 Å². The van der Waals surface area contributed by atoms with E-state index in [0.29, 0.717) is 16.4 Å². The van der Waals surface area contributed by atoms with E-state index in [1.807, 2.05) is 0 Å². The topological polar surface area (TPSA) is 68.9 Å². The average molecular weight is 236 g/mol. The molecule has 0 N–H and O–H groups in total. The van der Waals surface area contributed by atoms with E-state index in [9.17, 15) is 10.1 Å². The third-order valence-corrected chi connectivity index (χ3v) is 2.13. The van der Waals surface area contributed by atoms with Crippen molar-refractivity contribution in [1.29, 1.82) is 0 Å². The highest BCUT2D eigenvalue weighted by Gasteiger charge is 2.08.